The second-order valence-corrected chi connectivity index (χ2v) is 4.14. The van der Waals surface area contributed by atoms with Crippen LogP contribution >= 0.6 is 0 Å². The van der Waals surface area contributed by atoms with Crippen molar-refractivity contribution in [2.45, 2.75) is 6.54 Å². The Bertz CT molecular complexity index is 719. The lowest BCUT2D eigenvalue weighted by Gasteiger charge is -2.15. The highest BCUT2D eigenvalue weighted by molar-refractivity contribution is 6.52. The van der Waals surface area contributed by atoms with Gasteiger partial charge in [0.05, 0.1) is 17.8 Å². The van der Waals surface area contributed by atoms with E-state index in [0.717, 1.165) is 17.0 Å². The van der Waals surface area contributed by atoms with Crippen LogP contribution in [-0.2, 0) is 11.3 Å². The van der Waals surface area contributed by atoms with Crippen LogP contribution in [0.2, 0.25) is 0 Å². The van der Waals surface area contributed by atoms with Gasteiger partial charge in [-0.3, -0.25) is 14.5 Å². The molecule has 2 heterocycles. The molecule has 0 saturated carbocycles. The lowest BCUT2D eigenvalue weighted by Crippen LogP contribution is -2.30. The van der Waals surface area contributed by atoms with Crippen LogP contribution in [0.25, 0.3) is 0 Å². The molecule has 5 nitrogen and oxygen atoms in total. The second kappa shape index (κ2) is 4.44. The van der Waals surface area contributed by atoms with Crippen molar-refractivity contribution in [3.63, 3.8) is 0 Å². The molecule has 1 aromatic carbocycles. The van der Waals surface area contributed by atoms with Gasteiger partial charge in [0.1, 0.15) is 17.5 Å². The summed E-state index contributed by atoms with van der Waals surface area (Å²) < 4.78 is 27.4. The molecule has 0 spiro atoms. The van der Waals surface area contributed by atoms with Crippen molar-refractivity contribution in [1.29, 1.82) is 0 Å². The number of carbonyl (C=O) groups is 2. The number of fused-ring (bicyclic) bond motifs is 1. The van der Waals surface area contributed by atoms with Gasteiger partial charge < -0.3 is 0 Å². The van der Waals surface area contributed by atoms with Gasteiger partial charge in [-0.25, -0.2) is 18.7 Å². The minimum atomic E-state index is -1.06. The largest absolute Gasteiger partial charge is 0.300 e. The highest BCUT2D eigenvalue weighted by Gasteiger charge is 2.40. The SMILES string of the molecule is O=C1C(=O)N(Cc2ncccn2)c2c(F)ccc(F)c21. The molecule has 0 unspecified atom stereocenters. The van der Waals surface area contributed by atoms with Crippen molar-refractivity contribution in [3.8, 4) is 0 Å². The Morgan fingerprint density at radius 2 is 1.70 bits per heavy atom. The van der Waals surface area contributed by atoms with Crippen LogP contribution in [0.4, 0.5) is 14.5 Å². The molecule has 7 heteroatoms. The van der Waals surface area contributed by atoms with Crippen LogP contribution < -0.4 is 4.90 Å². The molecule has 0 atom stereocenters. The first kappa shape index (κ1) is 12.3. The van der Waals surface area contributed by atoms with Crippen molar-refractivity contribution >= 4 is 17.4 Å². The predicted octanol–water partition coefficient (Wildman–Crippen LogP) is 1.48. The quantitative estimate of drug-likeness (QED) is 0.779. The normalized spacial score (nSPS) is 13.8. The molecule has 0 bridgehead atoms. The lowest BCUT2D eigenvalue weighted by molar-refractivity contribution is -0.114. The molecular formula is C13H7F2N3O2. The fraction of sp³-hybridized carbons (Fsp3) is 0.0769. The Balaban J connectivity index is 2.09. The van der Waals surface area contributed by atoms with Gasteiger partial charge in [-0.15, -0.1) is 0 Å². The summed E-state index contributed by atoms with van der Waals surface area (Å²) in [5, 5.41) is 0. The average Bonchev–Trinajstić information content (AvgIpc) is 2.70. The molecule has 1 aliphatic rings. The minimum absolute atomic E-state index is 0.196. The number of anilines is 1. The number of rotatable bonds is 2. The van der Waals surface area contributed by atoms with Crippen molar-refractivity contribution < 1.29 is 18.4 Å². The maximum absolute atomic E-state index is 13.8. The molecule has 0 N–H and O–H groups in total. The first-order valence-corrected chi connectivity index (χ1v) is 5.69. The number of ketones is 1. The zero-order valence-corrected chi connectivity index (χ0v) is 10.0. The maximum Gasteiger partial charge on any atom is 0.300 e. The monoisotopic (exact) mass is 275 g/mol. The summed E-state index contributed by atoms with van der Waals surface area (Å²) in [5.74, 6) is -3.58. The summed E-state index contributed by atoms with van der Waals surface area (Å²) in [5.41, 5.74) is -0.890. The smallest absolute Gasteiger partial charge is 0.294 e. The van der Waals surface area contributed by atoms with Crippen molar-refractivity contribution in [3.05, 3.63) is 53.6 Å². The predicted molar refractivity (Wildman–Crippen MR) is 63.9 cm³/mol. The summed E-state index contributed by atoms with van der Waals surface area (Å²) in [6.07, 6.45) is 2.90. The Labute approximate surface area is 111 Å². The Hall–Kier alpha value is -2.70. The van der Waals surface area contributed by atoms with Gasteiger partial charge in [0, 0.05) is 12.4 Å². The standard InChI is InChI=1S/C13H7F2N3O2/c14-7-2-3-8(15)11-10(7)12(19)13(20)18(11)6-9-16-4-1-5-17-9/h1-5H,6H2. The van der Waals surface area contributed by atoms with Gasteiger partial charge in [0.2, 0.25) is 0 Å². The summed E-state index contributed by atoms with van der Waals surface area (Å²) in [6, 6.07) is 3.27. The number of benzene rings is 1. The molecule has 0 radical (unpaired) electrons. The van der Waals surface area contributed by atoms with E-state index in [1.807, 2.05) is 0 Å². The van der Waals surface area contributed by atoms with Crippen LogP contribution in [0.15, 0.2) is 30.6 Å². The maximum atomic E-state index is 13.8. The minimum Gasteiger partial charge on any atom is -0.294 e. The third-order valence-electron chi connectivity index (χ3n) is 2.93. The summed E-state index contributed by atoms with van der Waals surface area (Å²) in [6.45, 7) is -0.196. The van der Waals surface area contributed by atoms with E-state index in [0.29, 0.717) is 0 Å². The number of halogens is 2. The molecular weight excluding hydrogens is 268 g/mol. The molecule has 2 aromatic rings. The molecule has 0 fully saturated rings. The highest BCUT2D eigenvalue weighted by atomic mass is 19.1. The third-order valence-corrected chi connectivity index (χ3v) is 2.93. The van der Waals surface area contributed by atoms with Crippen molar-refractivity contribution in [2.24, 2.45) is 0 Å². The van der Waals surface area contributed by atoms with Crippen LogP contribution in [-0.4, -0.2) is 21.7 Å². The molecule has 1 aromatic heterocycles. The van der Waals surface area contributed by atoms with Crippen LogP contribution in [0.1, 0.15) is 16.2 Å². The zero-order valence-electron chi connectivity index (χ0n) is 10.0. The van der Waals surface area contributed by atoms with E-state index in [1.54, 1.807) is 6.07 Å². The fourth-order valence-electron chi connectivity index (χ4n) is 2.06. The number of Topliss-reactive ketones (excluding diaryl/α,β-unsaturated/α-hetero) is 1. The Morgan fingerprint density at radius 1 is 1.05 bits per heavy atom. The molecule has 3 rings (SSSR count). The third kappa shape index (κ3) is 1.75. The van der Waals surface area contributed by atoms with Gasteiger partial charge >= 0.3 is 0 Å². The van der Waals surface area contributed by atoms with E-state index in [4.69, 9.17) is 0 Å². The van der Waals surface area contributed by atoms with E-state index >= 15 is 0 Å². The number of hydrogen-bond acceptors (Lipinski definition) is 4. The van der Waals surface area contributed by atoms with Crippen LogP contribution in [0.5, 0.6) is 0 Å². The number of nitrogens with zero attached hydrogens (tertiary/aromatic N) is 3. The van der Waals surface area contributed by atoms with E-state index in [9.17, 15) is 18.4 Å². The Morgan fingerprint density at radius 3 is 2.40 bits per heavy atom. The average molecular weight is 275 g/mol. The molecule has 0 aliphatic carbocycles. The van der Waals surface area contributed by atoms with Gasteiger partial charge in [0.15, 0.2) is 0 Å². The van der Waals surface area contributed by atoms with Gasteiger partial charge in [0.25, 0.3) is 11.7 Å². The summed E-state index contributed by atoms with van der Waals surface area (Å²) in [7, 11) is 0. The molecule has 0 saturated heterocycles. The summed E-state index contributed by atoms with van der Waals surface area (Å²) >= 11 is 0. The van der Waals surface area contributed by atoms with Gasteiger partial charge in [-0.2, -0.15) is 0 Å². The highest BCUT2D eigenvalue weighted by Crippen LogP contribution is 2.34. The first-order chi connectivity index (χ1) is 9.59. The van der Waals surface area contributed by atoms with Crippen LogP contribution in [0.3, 0.4) is 0 Å². The number of aromatic nitrogens is 2. The van der Waals surface area contributed by atoms with Gasteiger partial charge in [-0.05, 0) is 18.2 Å². The Kier molecular flexibility index (Phi) is 2.74. The number of hydrogen-bond donors (Lipinski definition) is 0. The molecule has 1 amide bonds. The number of carbonyl (C=O) groups excluding carboxylic acids is 2. The van der Waals surface area contributed by atoms with Crippen molar-refractivity contribution in [2.75, 3.05) is 4.90 Å². The van der Waals surface area contributed by atoms with E-state index < -0.39 is 28.9 Å². The second-order valence-electron chi connectivity index (χ2n) is 4.14. The van der Waals surface area contributed by atoms with E-state index in [-0.39, 0.29) is 18.1 Å². The van der Waals surface area contributed by atoms with E-state index in [2.05, 4.69) is 9.97 Å². The first-order valence-electron chi connectivity index (χ1n) is 5.69. The topological polar surface area (TPSA) is 63.2 Å². The fourth-order valence-corrected chi connectivity index (χ4v) is 2.06. The van der Waals surface area contributed by atoms with Crippen molar-refractivity contribution in [1.82, 2.24) is 9.97 Å². The summed E-state index contributed by atoms with van der Waals surface area (Å²) in [4.78, 5) is 32.2. The zero-order chi connectivity index (χ0) is 14.3. The molecule has 20 heavy (non-hydrogen) atoms. The number of amides is 1. The van der Waals surface area contributed by atoms with Crippen LogP contribution in [0, 0.1) is 11.6 Å². The van der Waals surface area contributed by atoms with E-state index in [1.165, 1.54) is 12.4 Å². The molecule has 100 valence electrons. The van der Waals surface area contributed by atoms with Gasteiger partial charge in [-0.1, -0.05) is 0 Å². The molecule has 1 aliphatic heterocycles. The lowest BCUT2D eigenvalue weighted by atomic mass is 10.1.